The van der Waals surface area contributed by atoms with Crippen LogP contribution in [-0.2, 0) is 4.79 Å². The first kappa shape index (κ1) is 19.9. The van der Waals surface area contributed by atoms with E-state index in [1.54, 1.807) is 37.3 Å². The molecule has 152 valence electrons. The van der Waals surface area contributed by atoms with E-state index >= 15 is 0 Å². The average molecular weight is 422 g/mol. The highest BCUT2D eigenvalue weighted by atomic mass is 32.2. The summed E-state index contributed by atoms with van der Waals surface area (Å²) in [6.45, 7) is 1.76. The third kappa shape index (κ3) is 4.45. The zero-order valence-electron chi connectivity index (χ0n) is 16.0. The van der Waals surface area contributed by atoms with Crippen LogP contribution in [0.2, 0.25) is 0 Å². The molecular formula is C22H18N2O5S. The second-order valence-corrected chi connectivity index (χ2v) is 7.53. The molecule has 4 rings (SSSR count). The highest BCUT2D eigenvalue weighted by Gasteiger charge is 2.25. The molecular weight excluding hydrogens is 404 g/mol. The first-order valence-corrected chi connectivity index (χ1v) is 10.00. The molecule has 1 aromatic heterocycles. The highest BCUT2D eigenvalue weighted by molar-refractivity contribution is 8.27. The first-order valence-electron chi connectivity index (χ1n) is 9.18. The molecule has 0 radical (unpaired) electrons. The Morgan fingerprint density at radius 1 is 1.17 bits per heavy atom. The van der Waals surface area contributed by atoms with Crippen LogP contribution in [0, 0.1) is 6.92 Å². The molecule has 2 aromatic carbocycles. The van der Waals surface area contributed by atoms with Crippen molar-refractivity contribution in [1.29, 1.82) is 0 Å². The minimum atomic E-state index is -0.948. The second kappa shape index (κ2) is 8.56. The van der Waals surface area contributed by atoms with Crippen LogP contribution in [-0.4, -0.2) is 27.1 Å². The maximum absolute atomic E-state index is 11.6. The van der Waals surface area contributed by atoms with E-state index in [9.17, 15) is 14.7 Å². The van der Waals surface area contributed by atoms with Gasteiger partial charge in [-0.25, -0.2) is 4.98 Å². The van der Waals surface area contributed by atoms with Crippen LogP contribution >= 0.6 is 11.8 Å². The van der Waals surface area contributed by atoms with Gasteiger partial charge in [-0.05, 0) is 42.8 Å². The van der Waals surface area contributed by atoms with Gasteiger partial charge in [-0.3, -0.25) is 9.59 Å². The Bertz CT molecular complexity index is 1110. The monoisotopic (exact) mass is 422 g/mol. The van der Waals surface area contributed by atoms with Gasteiger partial charge in [-0.15, -0.1) is 0 Å². The van der Waals surface area contributed by atoms with E-state index < -0.39 is 6.10 Å². The number of benzene rings is 2. The van der Waals surface area contributed by atoms with E-state index in [0.717, 1.165) is 11.1 Å². The molecule has 1 aliphatic heterocycles. The predicted octanol–water partition coefficient (Wildman–Crippen LogP) is 4.09. The third-order valence-corrected chi connectivity index (χ3v) is 5.10. The first-order chi connectivity index (χ1) is 14.5. The fourth-order valence-corrected chi connectivity index (χ4v) is 3.47. The number of hydrogen-bond acceptors (Lipinski definition) is 7. The number of rotatable bonds is 6. The number of carbonyl (C=O) groups excluding carboxylic acids is 2. The van der Waals surface area contributed by atoms with E-state index in [2.05, 4.69) is 10.3 Å². The Hall–Kier alpha value is -3.36. The lowest BCUT2D eigenvalue weighted by molar-refractivity contribution is -0.107. The zero-order chi connectivity index (χ0) is 21.1. The quantitative estimate of drug-likeness (QED) is 0.577. The number of oxazole rings is 1. The molecule has 3 aromatic rings. The molecule has 8 heteroatoms. The molecule has 2 N–H and O–H groups in total. The van der Waals surface area contributed by atoms with E-state index in [1.165, 1.54) is 0 Å². The number of nitrogens with one attached hydrogen (secondary N) is 1. The summed E-state index contributed by atoms with van der Waals surface area (Å²) in [6.07, 6.45) is 0.652. The van der Waals surface area contributed by atoms with Gasteiger partial charge in [0.25, 0.3) is 5.24 Å². The summed E-state index contributed by atoms with van der Waals surface area (Å²) in [4.78, 5) is 27.3. The Balaban J connectivity index is 1.39. The number of amides is 1. The van der Waals surface area contributed by atoms with E-state index in [4.69, 9.17) is 9.15 Å². The molecule has 1 saturated heterocycles. The van der Waals surface area contributed by atoms with Gasteiger partial charge in [0.15, 0.2) is 0 Å². The van der Waals surface area contributed by atoms with Crippen LogP contribution in [0.4, 0.5) is 4.79 Å². The summed E-state index contributed by atoms with van der Waals surface area (Å²) in [5, 5.41) is 12.3. The summed E-state index contributed by atoms with van der Waals surface area (Å²) in [7, 11) is 0. The largest absolute Gasteiger partial charge is 0.490 e. The van der Waals surface area contributed by atoms with Crippen molar-refractivity contribution < 1.29 is 23.8 Å². The summed E-state index contributed by atoms with van der Waals surface area (Å²) in [5.74, 6) is 1.54. The number of hydrogen-bond donors (Lipinski definition) is 2. The summed E-state index contributed by atoms with van der Waals surface area (Å²) in [6, 6.07) is 16.4. The molecule has 0 spiro atoms. The second-order valence-electron chi connectivity index (χ2n) is 6.58. The van der Waals surface area contributed by atoms with Gasteiger partial charge >= 0.3 is 0 Å². The molecule has 0 bridgehead atoms. The molecule has 7 nitrogen and oxygen atoms in total. The van der Waals surface area contributed by atoms with Crippen LogP contribution in [0.3, 0.4) is 0 Å². The third-order valence-electron chi connectivity index (χ3n) is 4.41. The number of thioether (sulfide) groups is 1. The lowest BCUT2D eigenvalue weighted by Gasteiger charge is -2.11. The maximum atomic E-state index is 11.6. The number of carbonyl (C=O) groups is 2. The topological polar surface area (TPSA) is 102 Å². The molecule has 1 amide bonds. The van der Waals surface area contributed by atoms with Crippen molar-refractivity contribution in [3.63, 3.8) is 0 Å². The number of nitrogens with zero attached hydrogens (tertiary/aromatic N) is 1. The predicted molar refractivity (Wildman–Crippen MR) is 113 cm³/mol. The number of aromatic nitrogens is 1. The Morgan fingerprint density at radius 3 is 2.57 bits per heavy atom. The van der Waals surface area contributed by atoms with Crippen LogP contribution < -0.4 is 10.1 Å². The lowest BCUT2D eigenvalue weighted by Crippen LogP contribution is -2.11. The lowest BCUT2D eigenvalue weighted by atomic mass is 10.2. The van der Waals surface area contributed by atoms with Crippen molar-refractivity contribution in [3.05, 3.63) is 77.3 Å². The highest BCUT2D eigenvalue weighted by Crippen LogP contribution is 2.26. The van der Waals surface area contributed by atoms with Gasteiger partial charge < -0.3 is 19.6 Å². The Kier molecular flexibility index (Phi) is 5.69. The maximum Gasteiger partial charge on any atom is 0.291 e. The van der Waals surface area contributed by atoms with Crippen LogP contribution in [0.5, 0.6) is 5.75 Å². The molecule has 2 heterocycles. The zero-order valence-corrected chi connectivity index (χ0v) is 16.8. The minimum Gasteiger partial charge on any atom is -0.490 e. The van der Waals surface area contributed by atoms with Crippen LogP contribution in [0.1, 0.15) is 23.1 Å². The van der Waals surface area contributed by atoms with Crippen molar-refractivity contribution in [2.45, 2.75) is 13.0 Å². The van der Waals surface area contributed by atoms with Crippen molar-refractivity contribution in [2.75, 3.05) is 6.61 Å². The van der Waals surface area contributed by atoms with Crippen molar-refractivity contribution in [1.82, 2.24) is 10.3 Å². The fourth-order valence-electron chi connectivity index (χ4n) is 2.92. The molecule has 1 aliphatic rings. The molecule has 0 aliphatic carbocycles. The SMILES string of the molecule is Cc1oc(-c2ccccc2)nc1C(O)COc1ccc(C=C2NC(=O)SC2=O)cc1. The molecule has 30 heavy (non-hydrogen) atoms. The summed E-state index contributed by atoms with van der Waals surface area (Å²) >= 11 is 0.638. The fraction of sp³-hybridized carbons (Fsp3) is 0.136. The van der Waals surface area contributed by atoms with E-state index in [1.807, 2.05) is 30.3 Å². The smallest absolute Gasteiger partial charge is 0.291 e. The van der Waals surface area contributed by atoms with Gasteiger partial charge in [-0.2, -0.15) is 0 Å². The number of aliphatic hydroxyl groups excluding tert-OH is 1. The number of ether oxygens (including phenoxy) is 1. The average Bonchev–Trinajstić information content (AvgIpc) is 3.29. The molecule has 0 saturated carbocycles. The molecule has 1 atom stereocenters. The molecule has 1 unspecified atom stereocenters. The van der Waals surface area contributed by atoms with Gasteiger partial charge in [0.1, 0.15) is 29.9 Å². The number of aliphatic hydroxyl groups is 1. The minimum absolute atomic E-state index is 0.00716. The van der Waals surface area contributed by atoms with Gasteiger partial charge in [0.2, 0.25) is 11.0 Å². The Labute approximate surface area is 176 Å². The van der Waals surface area contributed by atoms with Gasteiger partial charge in [0.05, 0.1) is 5.70 Å². The standard InChI is InChI=1S/C22H18N2O5S/c1-13-19(24-20(29-13)15-5-3-2-4-6-15)18(25)12-28-16-9-7-14(8-10-16)11-17-21(26)30-22(27)23-17/h2-11,18,25H,12H2,1H3,(H,23,27). The van der Waals surface area contributed by atoms with Crippen molar-refractivity contribution in [3.8, 4) is 17.2 Å². The van der Waals surface area contributed by atoms with E-state index in [0.29, 0.717) is 34.9 Å². The summed E-state index contributed by atoms with van der Waals surface area (Å²) < 4.78 is 11.3. The van der Waals surface area contributed by atoms with Gasteiger partial charge in [0, 0.05) is 17.3 Å². The van der Waals surface area contributed by atoms with Gasteiger partial charge in [-0.1, -0.05) is 30.3 Å². The number of aryl methyl sites for hydroxylation is 1. The summed E-state index contributed by atoms with van der Waals surface area (Å²) in [5.41, 5.74) is 2.27. The normalized spacial score (nSPS) is 16.0. The molecule has 1 fully saturated rings. The van der Waals surface area contributed by atoms with E-state index in [-0.39, 0.29) is 22.7 Å². The van der Waals surface area contributed by atoms with Crippen LogP contribution in [0.15, 0.2) is 64.7 Å². The van der Waals surface area contributed by atoms with Crippen molar-refractivity contribution in [2.24, 2.45) is 0 Å². The Morgan fingerprint density at radius 2 is 1.90 bits per heavy atom. The van der Waals surface area contributed by atoms with Crippen LogP contribution in [0.25, 0.3) is 17.5 Å². The van der Waals surface area contributed by atoms with Crippen molar-refractivity contribution >= 4 is 28.2 Å².